The van der Waals surface area contributed by atoms with Gasteiger partial charge in [0.15, 0.2) is 5.65 Å². The Balaban J connectivity index is 2.36. The van der Waals surface area contributed by atoms with Gasteiger partial charge in [-0.2, -0.15) is 30.9 Å². The second kappa shape index (κ2) is 5.99. The van der Waals surface area contributed by atoms with E-state index in [4.69, 9.17) is 0 Å². The minimum atomic E-state index is -4.83. The van der Waals surface area contributed by atoms with Crippen LogP contribution in [-0.2, 0) is 12.4 Å². The van der Waals surface area contributed by atoms with E-state index in [0.29, 0.717) is 13.0 Å². The fourth-order valence-electron chi connectivity index (χ4n) is 2.57. The predicted molar refractivity (Wildman–Crippen MR) is 81.9 cm³/mol. The van der Waals surface area contributed by atoms with E-state index in [1.165, 1.54) is 0 Å². The minimum Gasteiger partial charge on any atom is -0.344 e. The summed E-state index contributed by atoms with van der Waals surface area (Å²) in [5.74, 6) is -1.37. The largest absolute Gasteiger partial charge is 0.453 e. The van der Waals surface area contributed by atoms with Gasteiger partial charge in [0.05, 0.1) is 11.1 Å². The molecule has 2 aromatic heterocycles. The number of hydrogen-bond donors (Lipinski definition) is 0. The first-order chi connectivity index (χ1) is 12.0. The second-order valence-electron chi connectivity index (χ2n) is 5.73. The highest BCUT2D eigenvalue weighted by atomic mass is 19.4. The Bertz CT molecular complexity index is 959. The molecule has 0 bridgehead atoms. The lowest BCUT2D eigenvalue weighted by molar-refractivity contribution is -0.144. The topological polar surface area (TPSA) is 46.3 Å². The van der Waals surface area contributed by atoms with Gasteiger partial charge in [0.25, 0.3) is 5.82 Å². The predicted octanol–water partition coefficient (Wildman–Crippen LogP) is 4.16. The van der Waals surface area contributed by atoms with Crippen LogP contribution >= 0.6 is 0 Å². The van der Waals surface area contributed by atoms with Crippen molar-refractivity contribution in [3.63, 3.8) is 0 Å². The number of fused-ring (bicyclic) bond motifs is 3. The Morgan fingerprint density at radius 1 is 1.04 bits per heavy atom. The summed E-state index contributed by atoms with van der Waals surface area (Å²) in [6, 6.07) is 2.68. The highest BCUT2D eigenvalue weighted by molar-refractivity contribution is 5.93. The molecule has 1 aromatic carbocycles. The van der Waals surface area contributed by atoms with E-state index in [1.807, 2.05) is 6.92 Å². The van der Waals surface area contributed by atoms with E-state index in [9.17, 15) is 26.3 Å². The number of aromatic nitrogens is 4. The standard InChI is InChI=1S/C15H13F6N5/c1-3-6-25(2)13-22-10-5-4-8(14(16,17)18)7-9(10)11-23-12(15(19,20)21)24-26(11)13/h4-5,7H,3,6H2,1-2H3. The summed E-state index contributed by atoms with van der Waals surface area (Å²) in [6.07, 6.45) is -8.79. The van der Waals surface area contributed by atoms with Crippen molar-refractivity contribution >= 4 is 22.5 Å². The highest BCUT2D eigenvalue weighted by Gasteiger charge is 2.37. The van der Waals surface area contributed by atoms with Crippen LogP contribution in [0.5, 0.6) is 0 Å². The van der Waals surface area contributed by atoms with Crippen molar-refractivity contribution in [3.8, 4) is 0 Å². The van der Waals surface area contributed by atoms with Crippen LogP contribution in [0.1, 0.15) is 24.7 Å². The van der Waals surface area contributed by atoms with Crippen LogP contribution in [0.25, 0.3) is 16.6 Å². The maximum absolute atomic E-state index is 13.0. The first-order valence-corrected chi connectivity index (χ1v) is 7.58. The summed E-state index contributed by atoms with van der Waals surface area (Å²) in [7, 11) is 1.61. The molecule has 26 heavy (non-hydrogen) atoms. The number of benzene rings is 1. The molecule has 0 aliphatic rings. The van der Waals surface area contributed by atoms with E-state index >= 15 is 0 Å². The van der Waals surface area contributed by atoms with Crippen LogP contribution < -0.4 is 4.90 Å². The van der Waals surface area contributed by atoms with Crippen molar-refractivity contribution < 1.29 is 26.3 Å². The van der Waals surface area contributed by atoms with Crippen LogP contribution in [0.15, 0.2) is 18.2 Å². The molecule has 11 heteroatoms. The molecule has 0 unspecified atom stereocenters. The van der Waals surface area contributed by atoms with Crippen molar-refractivity contribution in [2.75, 3.05) is 18.5 Å². The average Bonchev–Trinajstić information content (AvgIpc) is 2.98. The lowest BCUT2D eigenvalue weighted by atomic mass is 10.1. The molecule has 0 fully saturated rings. The summed E-state index contributed by atoms with van der Waals surface area (Å²) in [5, 5.41) is 3.27. The number of hydrogen-bond acceptors (Lipinski definition) is 4. The molecule has 0 atom stereocenters. The first kappa shape index (κ1) is 18.2. The third kappa shape index (κ3) is 3.13. The molecule has 140 valence electrons. The number of rotatable bonds is 3. The van der Waals surface area contributed by atoms with Gasteiger partial charge in [-0.05, 0) is 24.6 Å². The minimum absolute atomic E-state index is 0.0668. The third-order valence-electron chi connectivity index (χ3n) is 3.74. The number of anilines is 1. The van der Waals surface area contributed by atoms with E-state index in [-0.39, 0.29) is 22.5 Å². The van der Waals surface area contributed by atoms with Gasteiger partial charge in [-0.3, -0.25) is 0 Å². The zero-order valence-corrected chi connectivity index (χ0v) is 13.7. The summed E-state index contributed by atoms with van der Waals surface area (Å²) in [6.45, 7) is 2.34. The Morgan fingerprint density at radius 2 is 1.73 bits per heavy atom. The lowest BCUT2D eigenvalue weighted by Crippen LogP contribution is -2.22. The molecule has 0 N–H and O–H groups in total. The lowest BCUT2D eigenvalue weighted by Gasteiger charge is -2.18. The van der Waals surface area contributed by atoms with Gasteiger partial charge < -0.3 is 4.90 Å². The normalized spacial score (nSPS) is 12.9. The summed E-state index contributed by atoms with van der Waals surface area (Å²) < 4.78 is 78.8. The van der Waals surface area contributed by atoms with Gasteiger partial charge in [-0.1, -0.05) is 6.92 Å². The van der Waals surface area contributed by atoms with Gasteiger partial charge in [-0.25, -0.2) is 9.97 Å². The van der Waals surface area contributed by atoms with E-state index in [1.54, 1.807) is 11.9 Å². The average molecular weight is 377 g/mol. The number of halogens is 6. The van der Waals surface area contributed by atoms with E-state index < -0.39 is 23.7 Å². The molecule has 2 heterocycles. The van der Waals surface area contributed by atoms with Crippen LogP contribution in [0.3, 0.4) is 0 Å². The van der Waals surface area contributed by atoms with Gasteiger partial charge in [0.1, 0.15) is 0 Å². The molecular formula is C15H13F6N5. The molecule has 0 radical (unpaired) electrons. The van der Waals surface area contributed by atoms with Crippen molar-refractivity contribution in [3.05, 3.63) is 29.6 Å². The van der Waals surface area contributed by atoms with Crippen molar-refractivity contribution in [2.45, 2.75) is 25.7 Å². The molecule has 0 aliphatic heterocycles. The maximum atomic E-state index is 13.0. The van der Waals surface area contributed by atoms with Crippen LogP contribution in [0, 0.1) is 0 Å². The maximum Gasteiger partial charge on any atom is 0.453 e. The Hall–Kier alpha value is -2.59. The van der Waals surface area contributed by atoms with Crippen LogP contribution in [0.4, 0.5) is 32.3 Å². The number of alkyl halides is 6. The summed E-state index contributed by atoms with van der Waals surface area (Å²) >= 11 is 0. The summed E-state index contributed by atoms with van der Waals surface area (Å²) in [5.41, 5.74) is -1.23. The third-order valence-corrected chi connectivity index (χ3v) is 3.74. The Kier molecular flexibility index (Phi) is 4.20. The first-order valence-electron chi connectivity index (χ1n) is 7.58. The zero-order valence-electron chi connectivity index (χ0n) is 13.7. The zero-order chi connectivity index (χ0) is 19.3. The molecule has 0 aliphatic carbocycles. The van der Waals surface area contributed by atoms with Gasteiger partial charge >= 0.3 is 12.4 Å². The van der Waals surface area contributed by atoms with E-state index in [0.717, 1.165) is 22.7 Å². The molecule has 5 nitrogen and oxygen atoms in total. The van der Waals surface area contributed by atoms with Crippen molar-refractivity contribution in [1.29, 1.82) is 0 Å². The molecule has 3 aromatic rings. The monoisotopic (exact) mass is 377 g/mol. The van der Waals surface area contributed by atoms with Crippen LogP contribution in [-0.4, -0.2) is 33.2 Å². The second-order valence-corrected chi connectivity index (χ2v) is 5.73. The van der Waals surface area contributed by atoms with Crippen LogP contribution in [0.2, 0.25) is 0 Å². The van der Waals surface area contributed by atoms with Gasteiger partial charge in [0.2, 0.25) is 5.95 Å². The molecule has 0 spiro atoms. The van der Waals surface area contributed by atoms with Gasteiger partial charge in [0, 0.05) is 19.0 Å². The van der Waals surface area contributed by atoms with Crippen molar-refractivity contribution in [2.24, 2.45) is 0 Å². The molecule has 3 rings (SSSR count). The molecule has 0 amide bonds. The fraction of sp³-hybridized carbons (Fsp3) is 0.400. The molecule has 0 saturated carbocycles. The van der Waals surface area contributed by atoms with Gasteiger partial charge in [-0.15, -0.1) is 5.10 Å². The van der Waals surface area contributed by atoms with E-state index in [2.05, 4.69) is 15.1 Å². The smallest absolute Gasteiger partial charge is 0.344 e. The Morgan fingerprint density at radius 3 is 2.31 bits per heavy atom. The molecule has 0 saturated heterocycles. The highest BCUT2D eigenvalue weighted by Crippen LogP contribution is 2.34. The SMILES string of the molecule is CCCN(C)c1nc2ccc(C(F)(F)F)cc2c2nc(C(F)(F)F)nn12. The van der Waals surface area contributed by atoms with Crippen molar-refractivity contribution in [1.82, 2.24) is 19.6 Å². The quantitative estimate of drug-likeness (QED) is 0.643. The fourth-order valence-corrected chi connectivity index (χ4v) is 2.57. The Labute approximate surface area is 143 Å². The molecular weight excluding hydrogens is 364 g/mol. The number of nitrogens with zero attached hydrogens (tertiary/aromatic N) is 5. The summed E-state index contributed by atoms with van der Waals surface area (Å²) in [4.78, 5) is 9.19.